The molecule has 0 spiro atoms. The third-order valence-electron chi connectivity index (χ3n) is 2.06. The Morgan fingerprint density at radius 2 is 2.27 bits per heavy atom. The number of carbonyl (C=O) groups is 1. The highest BCUT2D eigenvalue weighted by molar-refractivity contribution is 6.18. The molecule has 2 nitrogen and oxygen atoms in total. The third kappa shape index (κ3) is 2.70. The molecule has 11 heavy (non-hydrogen) atoms. The molecule has 3 heteroatoms. The van der Waals surface area contributed by atoms with E-state index in [-0.39, 0.29) is 5.91 Å². The Morgan fingerprint density at radius 3 is 2.73 bits per heavy atom. The Balaban J connectivity index is 2.07. The van der Waals surface area contributed by atoms with E-state index in [1.807, 2.05) is 0 Å². The molecule has 0 aromatic heterocycles. The van der Waals surface area contributed by atoms with Gasteiger partial charge in [-0.3, -0.25) is 4.79 Å². The summed E-state index contributed by atoms with van der Waals surface area (Å²) in [6.07, 6.45) is 2.72. The van der Waals surface area contributed by atoms with E-state index in [0.717, 1.165) is 18.8 Å². The van der Waals surface area contributed by atoms with Gasteiger partial charge in [-0.25, -0.2) is 0 Å². The number of carbonyl (C=O) groups excluding carboxylic acids is 1. The van der Waals surface area contributed by atoms with Crippen LogP contribution in [0.2, 0.25) is 0 Å². The molecule has 1 aliphatic carbocycles. The molecule has 0 saturated heterocycles. The highest BCUT2D eigenvalue weighted by Crippen LogP contribution is 2.26. The van der Waals surface area contributed by atoms with E-state index in [2.05, 4.69) is 12.2 Å². The predicted octanol–water partition coefficient (Wildman–Crippen LogP) is 1.53. The molecule has 1 fully saturated rings. The van der Waals surface area contributed by atoms with E-state index in [4.69, 9.17) is 11.6 Å². The van der Waals surface area contributed by atoms with Gasteiger partial charge < -0.3 is 5.32 Å². The topological polar surface area (TPSA) is 29.1 Å². The zero-order valence-corrected chi connectivity index (χ0v) is 7.53. The maximum atomic E-state index is 11.0. The lowest BCUT2D eigenvalue weighted by Crippen LogP contribution is -2.43. The largest absolute Gasteiger partial charge is 0.353 e. The average molecular weight is 176 g/mol. The van der Waals surface area contributed by atoms with Crippen molar-refractivity contribution >= 4 is 17.5 Å². The zero-order chi connectivity index (χ0) is 8.27. The molecule has 0 aromatic carbocycles. The molecule has 0 atom stereocenters. The Hall–Kier alpha value is -0.240. The van der Waals surface area contributed by atoms with Crippen LogP contribution in [0.4, 0.5) is 0 Å². The molecule has 0 unspecified atom stereocenters. The molecule has 1 aliphatic rings. The molecule has 0 bridgehead atoms. The third-order valence-corrected chi connectivity index (χ3v) is 2.25. The molecule has 1 saturated carbocycles. The van der Waals surface area contributed by atoms with Crippen molar-refractivity contribution in [3.63, 3.8) is 0 Å². The van der Waals surface area contributed by atoms with E-state index >= 15 is 0 Å². The summed E-state index contributed by atoms with van der Waals surface area (Å²) < 4.78 is 0. The van der Waals surface area contributed by atoms with Gasteiger partial charge in [0.2, 0.25) is 5.91 Å². The minimum absolute atomic E-state index is 0.0944. The van der Waals surface area contributed by atoms with Gasteiger partial charge in [0.05, 0.1) is 0 Å². The Bertz CT molecular complexity index is 143. The summed E-state index contributed by atoms with van der Waals surface area (Å²) in [5.74, 6) is 1.31. The molecule has 1 amide bonds. The zero-order valence-electron chi connectivity index (χ0n) is 6.77. The van der Waals surface area contributed by atoms with Gasteiger partial charge in [-0.1, -0.05) is 6.92 Å². The number of hydrogen-bond acceptors (Lipinski definition) is 1. The molecular weight excluding hydrogens is 162 g/mol. The van der Waals surface area contributed by atoms with Gasteiger partial charge >= 0.3 is 0 Å². The summed E-state index contributed by atoms with van der Waals surface area (Å²) in [4.78, 5) is 11.0. The lowest BCUT2D eigenvalue weighted by Gasteiger charge is -2.33. The smallest absolute Gasteiger partial charge is 0.221 e. The van der Waals surface area contributed by atoms with Crippen LogP contribution in [-0.2, 0) is 4.79 Å². The molecule has 1 rings (SSSR count). The Labute approximate surface area is 72.3 Å². The quantitative estimate of drug-likeness (QED) is 0.648. The van der Waals surface area contributed by atoms with Crippen molar-refractivity contribution in [3.8, 4) is 0 Å². The summed E-state index contributed by atoms with van der Waals surface area (Å²) >= 11 is 5.41. The van der Waals surface area contributed by atoms with Gasteiger partial charge in [0.1, 0.15) is 0 Å². The maximum Gasteiger partial charge on any atom is 0.221 e. The monoisotopic (exact) mass is 175 g/mol. The molecular formula is C8H14ClNO. The van der Waals surface area contributed by atoms with Crippen LogP contribution in [0.15, 0.2) is 0 Å². The van der Waals surface area contributed by atoms with Crippen molar-refractivity contribution in [2.75, 3.05) is 5.88 Å². The summed E-state index contributed by atoms with van der Waals surface area (Å²) in [6.45, 7) is 2.20. The fourth-order valence-corrected chi connectivity index (χ4v) is 1.58. The molecule has 1 N–H and O–H groups in total. The summed E-state index contributed by atoms with van der Waals surface area (Å²) in [5, 5.41) is 2.92. The Kier molecular flexibility index (Phi) is 3.18. The SMILES string of the molecule is CC1CC(NC(=O)CCCl)C1. The fourth-order valence-electron chi connectivity index (χ4n) is 1.41. The van der Waals surface area contributed by atoms with Gasteiger partial charge in [-0.05, 0) is 18.8 Å². The van der Waals surface area contributed by atoms with Gasteiger partial charge in [0.25, 0.3) is 0 Å². The van der Waals surface area contributed by atoms with Gasteiger partial charge in [0.15, 0.2) is 0 Å². The Morgan fingerprint density at radius 1 is 1.64 bits per heavy atom. The van der Waals surface area contributed by atoms with Crippen LogP contribution in [0.1, 0.15) is 26.2 Å². The molecule has 0 radical (unpaired) electrons. The van der Waals surface area contributed by atoms with Crippen molar-refractivity contribution < 1.29 is 4.79 Å². The number of halogens is 1. The minimum Gasteiger partial charge on any atom is -0.353 e. The second-order valence-electron chi connectivity index (χ2n) is 3.28. The van der Waals surface area contributed by atoms with Crippen LogP contribution in [0, 0.1) is 5.92 Å². The molecule has 0 aliphatic heterocycles. The first-order valence-electron chi connectivity index (χ1n) is 4.07. The van der Waals surface area contributed by atoms with Crippen LogP contribution in [0.25, 0.3) is 0 Å². The van der Waals surface area contributed by atoms with Crippen LogP contribution < -0.4 is 5.32 Å². The number of nitrogens with one attached hydrogen (secondary N) is 1. The van der Waals surface area contributed by atoms with Crippen LogP contribution in [-0.4, -0.2) is 17.8 Å². The molecule has 0 aromatic rings. The molecule has 0 heterocycles. The van der Waals surface area contributed by atoms with Crippen LogP contribution in [0.5, 0.6) is 0 Å². The first-order chi connectivity index (χ1) is 5.22. The van der Waals surface area contributed by atoms with E-state index in [0.29, 0.717) is 18.3 Å². The summed E-state index contributed by atoms with van der Waals surface area (Å²) in [6, 6.07) is 0.431. The van der Waals surface area contributed by atoms with Crippen molar-refractivity contribution in [1.29, 1.82) is 0 Å². The number of amides is 1. The lowest BCUT2D eigenvalue weighted by molar-refractivity contribution is -0.122. The number of rotatable bonds is 3. The minimum atomic E-state index is 0.0944. The van der Waals surface area contributed by atoms with Crippen molar-refractivity contribution in [3.05, 3.63) is 0 Å². The van der Waals surface area contributed by atoms with Crippen LogP contribution >= 0.6 is 11.6 Å². The van der Waals surface area contributed by atoms with E-state index in [1.54, 1.807) is 0 Å². The predicted molar refractivity (Wildman–Crippen MR) is 45.7 cm³/mol. The van der Waals surface area contributed by atoms with E-state index in [1.165, 1.54) is 0 Å². The first-order valence-corrected chi connectivity index (χ1v) is 4.61. The van der Waals surface area contributed by atoms with Crippen molar-refractivity contribution in [2.45, 2.75) is 32.2 Å². The molecule has 64 valence electrons. The number of hydrogen-bond donors (Lipinski definition) is 1. The average Bonchev–Trinajstić information content (AvgIpc) is 1.85. The van der Waals surface area contributed by atoms with Crippen molar-refractivity contribution in [1.82, 2.24) is 5.32 Å². The highest BCUT2D eigenvalue weighted by Gasteiger charge is 2.25. The van der Waals surface area contributed by atoms with Gasteiger partial charge in [0, 0.05) is 18.3 Å². The highest BCUT2D eigenvalue weighted by atomic mass is 35.5. The van der Waals surface area contributed by atoms with Gasteiger partial charge in [-0.15, -0.1) is 11.6 Å². The van der Waals surface area contributed by atoms with E-state index < -0.39 is 0 Å². The first kappa shape index (κ1) is 8.85. The van der Waals surface area contributed by atoms with Gasteiger partial charge in [-0.2, -0.15) is 0 Å². The number of alkyl halides is 1. The second-order valence-corrected chi connectivity index (χ2v) is 3.66. The normalized spacial score (nSPS) is 29.3. The van der Waals surface area contributed by atoms with Crippen molar-refractivity contribution in [2.24, 2.45) is 5.92 Å². The second kappa shape index (κ2) is 3.96. The van der Waals surface area contributed by atoms with Crippen LogP contribution in [0.3, 0.4) is 0 Å². The fraction of sp³-hybridized carbons (Fsp3) is 0.875. The maximum absolute atomic E-state index is 11.0. The summed E-state index contributed by atoms with van der Waals surface area (Å²) in [5.41, 5.74) is 0. The lowest BCUT2D eigenvalue weighted by atomic mass is 9.82. The standard InChI is InChI=1S/C8H14ClNO/c1-6-4-7(5-6)10-8(11)2-3-9/h6-7H,2-5H2,1H3,(H,10,11). The van der Waals surface area contributed by atoms with E-state index in [9.17, 15) is 4.79 Å². The summed E-state index contributed by atoms with van der Waals surface area (Å²) in [7, 11) is 0.